The first-order valence-electron chi connectivity index (χ1n) is 8.05. The molecule has 8 nitrogen and oxygen atoms in total. The number of aryl methyl sites for hydroxylation is 1. The largest absolute Gasteiger partial charge is 0.321 e. The summed E-state index contributed by atoms with van der Waals surface area (Å²) in [4.78, 5) is 23.8. The monoisotopic (exact) mass is 413 g/mol. The van der Waals surface area contributed by atoms with Crippen LogP contribution in [0.2, 0.25) is 5.02 Å². The summed E-state index contributed by atoms with van der Waals surface area (Å²) in [5.41, 5.74) is 2.18. The fourth-order valence-electron chi connectivity index (χ4n) is 2.79. The van der Waals surface area contributed by atoms with E-state index in [-0.39, 0.29) is 11.6 Å². The van der Waals surface area contributed by atoms with Crippen LogP contribution in [0.15, 0.2) is 52.8 Å². The number of nitro benzene ring substituents is 1. The van der Waals surface area contributed by atoms with Gasteiger partial charge < -0.3 is 9.88 Å². The number of carbonyl (C=O) groups is 1. The van der Waals surface area contributed by atoms with E-state index in [9.17, 15) is 14.9 Å². The second-order valence-corrected chi connectivity index (χ2v) is 7.46. The molecule has 2 heterocycles. The fourth-order valence-corrected chi connectivity index (χ4v) is 3.81. The Labute approximate surface area is 168 Å². The van der Waals surface area contributed by atoms with E-state index in [1.54, 1.807) is 48.0 Å². The first-order chi connectivity index (χ1) is 13.4. The van der Waals surface area contributed by atoms with Crippen LogP contribution in [0.25, 0.3) is 11.6 Å². The summed E-state index contributed by atoms with van der Waals surface area (Å²) in [6.45, 7) is 0. The van der Waals surface area contributed by atoms with Crippen LogP contribution in [0.5, 0.6) is 0 Å². The highest BCUT2D eigenvalue weighted by atomic mass is 35.5. The van der Waals surface area contributed by atoms with Gasteiger partial charge in [-0.05, 0) is 47.7 Å². The molecule has 10 heteroatoms. The molecule has 0 saturated heterocycles. The van der Waals surface area contributed by atoms with Crippen molar-refractivity contribution in [2.24, 2.45) is 7.05 Å². The van der Waals surface area contributed by atoms with E-state index in [0.717, 1.165) is 11.8 Å². The Bertz CT molecular complexity index is 1160. The third-order valence-corrected chi connectivity index (χ3v) is 5.48. The topological polar surface area (TPSA) is 103 Å². The number of rotatable bonds is 4. The minimum atomic E-state index is -0.458. The molecule has 0 spiro atoms. The SMILES string of the molecule is Cn1cnnc1Sc1ccc(C=C2C(=O)Nc3ccc(Cl)cc32)cc1[N+](=O)[O-]. The van der Waals surface area contributed by atoms with Gasteiger partial charge in [-0.1, -0.05) is 17.7 Å². The lowest BCUT2D eigenvalue weighted by molar-refractivity contribution is -0.387. The Hall–Kier alpha value is -3.17. The van der Waals surface area contributed by atoms with Crippen molar-refractivity contribution in [2.45, 2.75) is 10.1 Å². The second-order valence-electron chi connectivity index (χ2n) is 6.01. The number of fused-ring (bicyclic) bond motifs is 1. The molecular formula is C18H12ClN5O3S. The van der Waals surface area contributed by atoms with Crippen LogP contribution in [0, 0.1) is 10.1 Å². The average Bonchev–Trinajstić information content (AvgIpc) is 3.19. The lowest BCUT2D eigenvalue weighted by Gasteiger charge is -2.04. The van der Waals surface area contributed by atoms with E-state index >= 15 is 0 Å². The number of amides is 1. The van der Waals surface area contributed by atoms with Gasteiger partial charge in [0.2, 0.25) is 0 Å². The van der Waals surface area contributed by atoms with Crippen molar-refractivity contribution in [3.05, 3.63) is 69.0 Å². The van der Waals surface area contributed by atoms with Gasteiger partial charge in [0.1, 0.15) is 6.33 Å². The third kappa shape index (κ3) is 3.37. The van der Waals surface area contributed by atoms with Gasteiger partial charge in [-0.15, -0.1) is 10.2 Å². The van der Waals surface area contributed by atoms with Gasteiger partial charge in [-0.25, -0.2) is 0 Å². The number of aromatic nitrogens is 3. The fraction of sp³-hybridized carbons (Fsp3) is 0.0556. The zero-order valence-corrected chi connectivity index (χ0v) is 16.0. The highest BCUT2D eigenvalue weighted by molar-refractivity contribution is 7.99. The van der Waals surface area contributed by atoms with Gasteiger partial charge in [-0.2, -0.15) is 0 Å². The molecule has 4 rings (SSSR count). The highest BCUT2D eigenvalue weighted by Crippen LogP contribution is 2.37. The standard InChI is InChI=1S/C18H12ClN5O3S/c1-23-9-20-22-18(23)28-16-5-2-10(7-15(16)24(26)27)6-13-12-8-11(19)3-4-14(12)21-17(13)25/h2-9H,1H3,(H,21,25). The van der Waals surface area contributed by atoms with Gasteiger partial charge in [0.05, 0.1) is 9.82 Å². The lowest BCUT2D eigenvalue weighted by Crippen LogP contribution is -2.03. The number of hydrogen-bond donors (Lipinski definition) is 1. The molecule has 0 aliphatic carbocycles. The van der Waals surface area contributed by atoms with Crippen molar-refractivity contribution >= 4 is 52.3 Å². The maximum atomic E-state index is 12.3. The van der Waals surface area contributed by atoms with Gasteiger partial charge in [0.25, 0.3) is 11.6 Å². The molecule has 3 aromatic rings. The number of nitro groups is 1. The smallest absolute Gasteiger partial charge is 0.283 e. The predicted molar refractivity (Wildman–Crippen MR) is 106 cm³/mol. The van der Waals surface area contributed by atoms with Crippen molar-refractivity contribution in [3.8, 4) is 0 Å². The highest BCUT2D eigenvalue weighted by Gasteiger charge is 2.25. The van der Waals surface area contributed by atoms with E-state index < -0.39 is 4.92 Å². The second kappa shape index (κ2) is 7.10. The summed E-state index contributed by atoms with van der Waals surface area (Å²) in [7, 11) is 1.76. The minimum absolute atomic E-state index is 0.0768. The van der Waals surface area contributed by atoms with E-state index in [0.29, 0.717) is 37.5 Å². The molecule has 0 saturated carbocycles. The van der Waals surface area contributed by atoms with Crippen molar-refractivity contribution in [3.63, 3.8) is 0 Å². The number of nitrogens with one attached hydrogen (secondary N) is 1. The maximum absolute atomic E-state index is 12.3. The first-order valence-corrected chi connectivity index (χ1v) is 9.25. The Morgan fingerprint density at radius 2 is 2.11 bits per heavy atom. The normalized spacial score (nSPS) is 14.2. The van der Waals surface area contributed by atoms with Crippen molar-refractivity contribution in [1.29, 1.82) is 0 Å². The summed E-state index contributed by atoms with van der Waals surface area (Å²) < 4.78 is 1.67. The summed E-state index contributed by atoms with van der Waals surface area (Å²) in [5, 5.41) is 23.1. The zero-order chi connectivity index (χ0) is 19.8. The number of hydrogen-bond acceptors (Lipinski definition) is 6. The lowest BCUT2D eigenvalue weighted by atomic mass is 10.0. The number of nitrogens with zero attached hydrogens (tertiary/aromatic N) is 4. The molecule has 28 heavy (non-hydrogen) atoms. The Morgan fingerprint density at radius 1 is 1.29 bits per heavy atom. The summed E-state index contributed by atoms with van der Waals surface area (Å²) in [6.07, 6.45) is 3.13. The molecule has 0 unspecified atom stereocenters. The number of anilines is 1. The van der Waals surface area contributed by atoms with Crippen molar-refractivity contribution in [2.75, 3.05) is 5.32 Å². The molecule has 0 atom stereocenters. The molecule has 2 aromatic carbocycles. The molecule has 0 bridgehead atoms. The van der Waals surface area contributed by atoms with Crippen molar-refractivity contribution < 1.29 is 9.72 Å². The molecule has 1 aliphatic heterocycles. The molecule has 1 N–H and O–H groups in total. The van der Waals surface area contributed by atoms with Crippen LogP contribution in [-0.4, -0.2) is 25.6 Å². The van der Waals surface area contributed by atoms with Crippen molar-refractivity contribution in [1.82, 2.24) is 14.8 Å². The molecule has 1 amide bonds. The molecular weight excluding hydrogens is 402 g/mol. The Morgan fingerprint density at radius 3 is 2.82 bits per heavy atom. The van der Waals surface area contributed by atoms with Crippen LogP contribution in [0.4, 0.5) is 11.4 Å². The van der Waals surface area contributed by atoms with Crippen LogP contribution in [0.1, 0.15) is 11.1 Å². The first kappa shape index (κ1) is 18.2. The van der Waals surface area contributed by atoms with Crippen LogP contribution in [0.3, 0.4) is 0 Å². The molecule has 140 valence electrons. The minimum Gasteiger partial charge on any atom is -0.321 e. The zero-order valence-electron chi connectivity index (χ0n) is 14.4. The number of carbonyl (C=O) groups excluding carboxylic acids is 1. The molecule has 1 aliphatic rings. The number of halogens is 1. The molecule has 1 aromatic heterocycles. The van der Waals surface area contributed by atoms with E-state index in [1.807, 2.05) is 0 Å². The van der Waals surface area contributed by atoms with E-state index in [1.165, 1.54) is 12.4 Å². The Kier molecular flexibility index (Phi) is 4.62. The number of benzene rings is 2. The van der Waals surface area contributed by atoms with Gasteiger partial charge in [-0.3, -0.25) is 14.9 Å². The summed E-state index contributed by atoms with van der Waals surface area (Å²) in [6, 6.07) is 9.88. The van der Waals surface area contributed by atoms with Gasteiger partial charge in [0, 0.05) is 35.0 Å². The molecule has 0 fully saturated rings. The van der Waals surface area contributed by atoms with Crippen LogP contribution < -0.4 is 5.32 Å². The van der Waals surface area contributed by atoms with Crippen LogP contribution in [-0.2, 0) is 11.8 Å². The molecule has 0 radical (unpaired) electrons. The van der Waals surface area contributed by atoms with E-state index in [2.05, 4.69) is 15.5 Å². The summed E-state index contributed by atoms with van der Waals surface area (Å²) >= 11 is 7.18. The quantitative estimate of drug-likeness (QED) is 0.393. The average molecular weight is 414 g/mol. The Balaban J connectivity index is 1.74. The summed E-state index contributed by atoms with van der Waals surface area (Å²) in [5.74, 6) is -0.280. The van der Waals surface area contributed by atoms with E-state index in [4.69, 9.17) is 11.6 Å². The van der Waals surface area contributed by atoms with Gasteiger partial charge >= 0.3 is 0 Å². The third-order valence-electron chi connectivity index (χ3n) is 4.13. The predicted octanol–water partition coefficient (Wildman–Crippen LogP) is 4.02. The van der Waals surface area contributed by atoms with Crippen LogP contribution >= 0.6 is 23.4 Å². The maximum Gasteiger partial charge on any atom is 0.283 e. The van der Waals surface area contributed by atoms with Gasteiger partial charge in [0.15, 0.2) is 5.16 Å².